The highest BCUT2D eigenvalue weighted by Gasteiger charge is 2.13. The minimum absolute atomic E-state index is 0.978. The van der Waals surface area contributed by atoms with Crippen molar-refractivity contribution >= 4 is 22.7 Å². The van der Waals surface area contributed by atoms with Crippen molar-refractivity contribution in [1.82, 2.24) is 9.55 Å². The maximum Gasteiger partial charge on any atom is 0.141 e. The molecule has 0 fully saturated rings. The van der Waals surface area contributed by atoms with Gasteiger partial charge in [0.1, 0.15) is 5.82 Å². The van der Waals surface area contributed by atoms with Gasteiger partial charge in [-0.05, 0) is 48.4 Å². The van der Waals surface area contributed by atoms with Gasteiger partial charge in [-0.25, -0.2) is 4.98 Å². The molecule has 0 bridgehead atoms. The molecule has 1 heterocycles. The van der Waals surface area contributed by atoms with Gasteiger partial charge < -0.3 is 0 Å². The predicted octanol–water partition coefficient (Wildman–Crippen LogP) is 5.59. The summed E-state index contributed by atoms with van der Waals surface area (Å²) in [6.45, 7) is 2.12. The largest absolute Gasteiger partial charge is 0.293 e. The molecule has 116 valence electrons. The topological polar surface area (TPSA) is 17.8 Å². The molecule has 2 nitrogen and oxygen atoms in total. The summed E-state index contributed by atoms with van der Waals surface area (Å²) < 4.78 is 2.23. The van der Waals surface area contributed by atoms with E-state index in [0.29, 0.717) is 0 Å². The van der Waals surface area contributed by atoms with Crippen LogP contribution in [0.3, 0.4) is 0 Å². The van der Waals surface area contributed by atoms with Gasteiger partial charge in [-0.15, -0.1) is 0 Å². The predicted molar refractivity (Wildman–Crippen MR) is 101 cm³/mol. The molecular weight excluding hydrogens is 292 g/mol. The van der Waals surface area contributed by atoms with Crippen molar-refractivity contribution in [3.63, 3.8) is 0 Å². The minimum Gasteiger partial charge on any atom is -0.293 e. The second-order valence-corrected chi connectivity index (χ2v) is 5.83. The van der Waals surface area contributed by atoms with E-state index in [1.165, 1.54) is 5.56 Å². The lowest BCUT2D eigenvalue weighted by atomic mass is 10.1. The highest BCUT2D eigenvalue weighted by atomic mass is 15.1. The van der Waals surface area contributed by atoms with E-state index < -0.39 is 0 Å². The molecule has 24 heavy (non-hydrogen) atoms. The fourth-order valence-corrected chi connectivity index (χ4v) is 2.99. The number of allylic oxidation sites excluding steroid dienone is 1. The summed E-state index contributed by atoms with van der Waals surface area (Å²) in [7, 11) is 0. The van der Waals surface area contributed by atoms with E-state index in [0.717, 1.165) is 28.1 Å². The first-order chi connectivity index (χ1) is 11.8. The lowest BCUT2D eigenvalue weighted by Crippen LogP contribution is -1.99. The molecule has 0 atom stereocenters. The molecule has 4 aromatic rings. The first-order valence-electron chi connectivity index (χ1n) is 8.09. The van der Waals surface area contributed by atoms with Gasteiger partial charge >= 0.3 is 0 Å². The summed E-state index contributed by atoms with van der Waals surface area (Å²) in [5.74, 6) is 0.978. The van der Waals surface area contributed by atoms with E-state index in [1.54, 1.807) is 0 Å². The summed E-state index contributed by atoms with van der Waals surface area (Å²) in [6, 6.07) is 29.0. The minimum atomic E-state index is 0.978. The summed E-state index contributed by atoms with van der Waals surface area (Å²) in [5.41, 5.74) is 5.58. The zero-order valence-corrected chi connectivity index (χ0v) is 13.6. The molecule has 0 aliphatic rings. The van der Waals surface area contributed by atoms with Crippen molar-refractivity contribution in [1.29, 1.82) is 0 Å². The Morgan fingerprint density at radius 2 is 1.42 bits per heavy atom. The van der Waals surface area contributed by atoms with Crippen LogP contribution >= 0.6 is 0 Å². The van der Waals surface area contributed by atoms with Crippen molar-refractivity contribution in [3.05, 3.63) is 96.3 Å². The molecule has 0 amide bonds. The maximum absolute atomic E-state index is 4.88. The Balaban J connectivity index is 1.94. The highest BCUT2D eigenvalue weighted by molar-refractivity contribution is 5.86. The molecule has 0 unspecified atom stereocenters. The number of benzene rings is 3. The Morgan fingerprint density at radius 1 is 0.792 bits per heavy atom. The molecule has 0 aliphatic heterocycles. The molecule has 0 spiro atoms. The Labute approximate surface area is 141 Å². The van der Waals surface area contributed by atoms with Crippen molar-refractivity contribution in [2.24, 2.45) is 0 Å². The Kier molecular flexibility index (Phi) is 3.72. The quantitative estimate of drug-likeness (QED) is 0.482. The molecule has 0 saturated carbocycles. The first-order valence-corrected chi connectivity index (χ1v) is 8.09. The molecule has 0 radical (unpaired) electrons. The third kappa shape index (κ3) is 2.63. The van der Waals surface area contributed by atoms with Crippen LogP contribution in [0, 0.1) is 0 Å². The van der Waals surface area contributed by atoms with Crippen LogP contribution in [-0.2, 0) is 0 Å². The number of rotatable bonds is 3. The van der Waals surface area contributed by atoms with Crippen LogP contribution < -0.4 is 0 Å². The molecule has 4 rings (SSSR count). The third-order valence-electron chi connectivity index (χ3n) is 4.11. The molecule has 3 aromatic carbocycles. The van der Waals surface area contributed by atoms with Gasteiger partial charge in [0, 0.05) is 5.69 Å². The highest BCUT2D eigenvalue weighted by Crippen LogP contribution is 2.26. The van der Waals surface area contributed by atoms with Crippen LogP contribution in [0.4, 0.5) is 0 Å². The SMILES string of the molecule is C/C(=C\c1ccccc1)c1nc2ccccc2n1-c1ccccc1. The normalized spacial score (nSPS) is 11.8. The monoisotopic (exact) mass is 310 g/mol. The van der Waals surface area contributed by atoms with Gasteiger partial charge in [0.25, 0.3) is 0 Å². The molecule has 0 N–H and O–H groups in total. The number of nitrogens with zero attached hydrogens (tertiary/aromatic N) is 2. The lowest BCUT2D eigenvalue weighted by molar-refractivity contribution is 1.05. The Hall–Kier alpha value is -3.13. The van der Waals surface area contributed by atoms with Crippen LogP contribution in [0.1, 0.15) is 18.3 Å². The van der Waals surface area contributed by atoms with Crippen molar-refractivity contribution in [2.45, 2.75) is 6.92 Å². The number of hydrogen-bond donors (Lipinski definition) is 0. The standard InChI is InChI=1S/C22H18N2/c1-17(16-18-10-4-2-5-11-18)22-23-20-14-8-9-15-21(20)24(22)19-12-6-3-7-13-19/h2-16H,1H3/b17-16+. The van der Waals surface area contributed by atoms with Crippen LogP contribution in [0.5, 0.6) is 0 Å². The van der Waals surface area contributed by atoms with Gasteiger partial charge in [0.05, 0.1) is 11.0 Å². The molecule has 2 heteroatoms. The van der Waals surface area contributed by atoms with Gasteiger partial charge in [0.15, 0.2) is 0 Å². The summed E-state index contributed by atoms with van der Waals surface area (Å²) >= 11 is 0. The van der Waals surface area contributed by atoms with Gasteiger partial charge in [-0.2, -0.15) is 0 Å². The zero-order valence-electron chi connectivity index (χ0n) is 13.6. The molecule has 1 aromatic heterocycles. The first kappa shape index (κ1) is 14.5. The number of fused-ring (bicyclic) bond motifs is 1. The van der Waals surface area contributed by atoms with E-state index in [9.17, 15) is 0 Å². The van der Waals surface area contributed by atoms with Crippen LogP contribution in [0.25, 0.3) is 28.4 Å². The number of hydrogen-bond acceptors (Lipinski definition) is 1. The van der Waals surface area contributed by atoms with E-state index in [-0.39, 0.29) is 0 Å². The average Bonchev–Trinajstić information content (AvgIpc) is 3.03. The third-order valence-corrected chi connectivity index (χ3v) is 4.11. The van der Waals surface area contributed by atoms with Crippen molar-refractivity contribution in [2.75, 3.05) is 0 Å². The van der Waals surface area contributed by atoms with Crippen molar-refractivity contribution < 1.29 is 0 Å². The van der Waals surface area contributed by atoms with E-state index in [4.69, 9.17) is 4.98 Å². The number of para-hydroxylation sites is 3. The van der Waals surface area contributed by atoms with E-state index >= 15 is 0 Å². The number of imidazole rings is 1. The van der Waals surface area contributed by atoms with E-state index in [2.05, 4.69) is 84.3 Å². The lowest BCUT2D eigenvalue weighted by Gasteiger charge is -2.09. The Bertz CT molecular complexity index is 996. The fraction of sp³-hybridized carbons (Fsp3) is 0.0455. The maximum atomic E-state index is 4.88. The Morgan fingerprint density at radius 3 is 2.17 bits per heavy atom. The smallest absolute Gasteiger partial charge is 0.141 e. The second kappa shape index (κ2) is 6.17. The van der Waals surface area contributed by atoms with E-state index in [1.807, 2.05) is 18.2 Å². The van der Waals surface area contributed by atoms with Gasteiger partial charge in [0.2, 0.25) is 0 Å². The van der Waals surface area contributed by atoms with Gasteiger partial charge in [-0.1, -0.05) is 60.7 Å². The summed E-state index contributed by atoms with van der Waals surface area (Å²) in [5, 5.41) is 0. The van der Waals surface area contributed by atoms with Crippen LogP contribution in [0.15, 0.2) is 84.9 Å². The van der Waals surface area contributed by atoms with Crippen molar-refractivity contribution in [3.8, 4) is 5.69 Å². The summed E-state index contributed by atoms with van der Waals surface area (Å²) in [4.78, 5) is 4.88. The zero-order chi connectivity index (χ0) is 16.4. The summed E-state index contributed by atoms with van der Waals surface area (Å²) in [6.07, 6.45) is 2.18. The molecule has 0 saturated heterocycles. The fourth-order valence-electron chi connectivity index (χ4n) is 2.99. The molecular formula is C22H18N2. The second-order valence-electron chi connectivity index (χ2n) is 5.83. The van der Waals surface area contributed by atoms with Crippen LogP contribution in [0.2, 0.25) is 0 Å². The average molecular weight is 310 g/mol. The molecule has 0 aliphatic carbocycles. The van der Waals surface area contributed by atoms with Gasteiger partial charge in [-0.3, -0.25) is 4.57 Å². The number of aromatic nitrogens is 2. The van der Waals surface area contributed by atoms with Crippen LogP contribution in [-0.4, -0.2) is 9.55 Å².